The summed E-state index contributed by atoms with van der Waals surface area (Å²) in [5, 5.41) is 3.35. The molecule has 0 saturated carbocycles. The van der Waals surface area contributed by atoms with Crippen LogP contribution in [0.3, 0.4) is 0 Å². The van der Waals surface area contributed by atoms with Crippen molar-refractivity contribution >= 4 is 33.0 Å². The summed E-state index contributed by atoms with van der Waals surface area (Å²) in [6.45, 7) is 4.38. The number of rotatable bonds is 3. The van der Waals surface area contributed by atoms with Gasteiger partial charge in [-0.05, 0) is 41.8 Å². The Labute approximate surface area is 116 Å². The van der Waals surface area contributed by atoms with Gasteiger partial charge in [0, 0.05) is 10.2 Å². The van der Waals surface area contributed by atoms with E-state index in [2.05, 4.69) is 53.3 Å². The normalized spacial score (nSPS) is 10.7. The van der Waals surface area contributed by atoms with Crippen molar-refractivity contribution in [2.75, 3.05) is 11.1 Å². The Hall–Kier alpha value is -1.48. The molecule has 0 bridgehead atoms. The quantitative estimate of drug-likeness (QED) is 0.792. The van der Waals surface area contributed by atoms with Gasteiger partial charge >= 0.3 is 0 Å². The van der Waals surface area contributed by atoms with Crippen LogP contribution in [-0.2, 0) is 0 Å². The minimum Gasteiger partial charge on any atom is -0.397 e. The number of nitrogen functional groups attached to an aromatic ring is 1. The molecule has 0 aromatic heterocycles. The zero-order chi connectivity index (χ0) is 13.1. The Bertz CT molecular complexity index is 550. The molecule has 0 saturated heterocycles. The van der Waals surface area contributed by atoms with E-state index in [0.717, 1.165) is 21.5 Å². The molecule has 0 amide bonds. The van der Waals surface area contributed by atoms with Crippen LogP contribution in [0, 0.1) is 0 Å². The van der Waals surface area contributed by atoms with Crippen molar-refractivity contribution < 1.29 is 0 Å². The molecule has 2 nitrogen and oxygen atoms in total. The SMILES string of the molecule is CC(C)c1cccc(Nc2ccc(Br)cc2N)c1. The predicted molar refractivity (Wildman–Crippen MR) is 82.4 cm³/mol. The summed E-state index contributed by atoms with van der Waals surface area (Å²) in [7, 11) is 0. The van der Waals surface area contributed by atoms with Crippen LogP contribution in [0.2, 0.25) is 0 Å². The van der Waals surface area contributed by atoms with E-state index >= 15 is 0 Å². The summed E-state index contributed by atoms with van der Waals surface area (Å²) in [5.74, 6) is 0.522. The van der Waals surface area contributed by atoms with Gasteiger partial charge in [0.15, 0.2) is 0 Å². The van der Waals surface area contributed by atoms with Gasteiger partial charge in [0.05, 0.1) is 11.4 Å². The maximum Gasteiger partial charge on any atom is 0.0618 e. The summed E-state index contributed by atoms with van der Waals surface area (Å²) < 4.78 is 0.987. The van der Waals surface area contributed by atoms with Crippen molar-refractivity contribution in [3.05, 3.63) is 52.5 Å². The molecule has 0 aliphatic rings. The van der Waals surface area contributed by atoms with E-state index in [9.17, 15) is 0 Å². The molecule has 0 radical (unpaired) electrons. The molecule has 0 fully saturated rings. The van der Waals surface area contributed by atoms with Crippen molar-refractivity contribution in [1.82, 2.24) is 0 Å². The second-order valence-corrected chi connectivity index (χ2v) is 5.55. The molecule has 2 aromatic carbocycles. The number of hydrogen-bond acceptors (Lipinski definition) is 2. The van der Waals surface area contributed by atoms with Gasteiger partial charge in [0.2, 0.25) is 0 Å². The zero-order valence-electron chi connectivity index (χ0n) is 10.6. The zero-order valence-corrected chi connectivity index (χ0v) is 12.2. The molecule has 0 aliphatic heterocycles. The molecular formula is C15H17BrN2. The Balaban J connectivity index is 2.25. The number of nitrogens with one attached hydrogen (secondary N) is 1. The summed E-state index contributed by atoms with van der Waals surface area (Å²) in [5.41, 5.74) is 10.0. The van der Waals surface area contributed by atoms with Crippen molar-refractivity contribution in [3.8, 4) is 0 Å². The summed E-state index contributed by atoms with van der Waals surface area (Å²) in [4.78, 5) is 0. The molecule has 18 heavy (non-hydrogen) atoms. The maximum atomic E-state index is 5.97. The predicted octanol–water partition coefficient (Wildman–Crippen LogP) is 4.90. The summed E-state index contributed by atoms with van der Waals surface area (Å²) in [6, 6.07) is 14.3. The largest absolute Gasteiger partial charge is 0.397 e. The second-order valence-electron chi connectivity index (χ2n) is 4.64. The fourth-order valence-corrected chi connectivity index (χ4v) is 2.16. The minimum absolute atomic E-state index is 0.522. The number of anilines is 3. The topological polar surface area (TPSA) is 38.0 Å². The monoisotopic (exact) mass is 304 g/mol. The van der Waals surface area contributed by atoms with E-state index < -0.39 is 0 Å². The first-order valence-electron chi connectivity index (χ1n) is 5.98. The lowest BCUT2D eigenvalue weighted by Gasteiger charge is -2.12. The van der Waals surface area contributed by atoms with Gasteiger partial charge in [-0.15, -0.1) is 0 Å². The first-order chi connectivity index (χ1) is 8.56. The van der Waals surface area contributed by atoms with E-state index in [4.69, 9.17) is 5.73 Å². The molecule has 3 heteroatoms. The Kier molecular flexibility index (Phi) is 3.92. The third kappa shape index (κ3) is 3.05. The lowest BCUT2D eigenvalue weighted by atomic mass is 10.0. The smallest absolute Gasteiger partial charge is 0.0618 e. The molecule has 3 N–H and O–H groups in total. The third-order valence-electron chi connectivity index (χ3n) is 2.85. The first kappa shape index (κ1) is 13.0. The van der Waals surface area contributed by atoms with Gasteiger partial charge in [-0.1, -0.05) is 41.9 Å². The van der Waals surface area contributed by atoms with Crippen LogP contribution < -0.4 is 11.1 Å². The van der Waals surface area contributed by atoms with E-state index in [1.807, 2.05) is 24.3 Å². The van der Waals surface area contributed by atoms with Gasteiger partial charge in [-0.2, -0.15) is 0 Å². The number of hydrogen-bond donors (Lipinski definition) is 2. The van der Waals surface area contributed by atoms with Gasteiger partial charge in [0.25, 0.3) is 0 Å². The standard InChI is InChI=1S/C15H17BrN2/c1-10(2)11-4-3-5-13(8-11)18-15-7-6-12(16)9-14(15)17/h3-10,18H,17H2,1-2H3. The van der Waals surface area contributed by atoms with Gasteiger partial charge in [-0.25, -0.2) is 0 Å². The molecular weight excluding hydrogens is 288 g/mol. The highest BCUT2D eigenvalue weighted by Gasteiger charge is 2.03. The average molecular weight is 305 g/mol. The van der Waals surface area contributed by atoms with Gasteiger partial charge in [0.1, 0.15) is 0 Å². The Morgan fingerprint density at radius 1 is 1.11 bits per heavy atom. The van der Waals surface area contributed by atoms with Crippen molar-refractivity contribution in [3.63, 3.8) is 0 Å². The van der Waals surface area contributed by atoms with Crippen LogP contribution in [0.15, 0.2) is 46.9 Å². The van der Waals surface area contributed by atoms with Crippen molar-refractivity contribution in [2.45, 2.75) is 19.8 Å². The second kappa shape index (κ2) is 5.44. The lowest BCUT2D eigenvalue weighted by Crippen LogP contribution is -1.97. The molecule has 0 atom stereocenters. The van der Waals surface area contributed by atoms with E-state index in [-0.39, 0.29) is 0 Å². The number of halogens is 1. The molecule has 0 spiro atoms. The fraction of sp³-hybridized carbons (Fsp3) is 0.200. The highest BCUT2D eigenvalue weighted by atomic mass is 79.9. The molecule has 2 aromatic rings. The van der Waals surface area contributed by atoms with E-state index in [1.54, 1.807) is 0 Å². The van der Waals surface area contributed by atoms with Gasteiger partial charge < -0.3 is 11.1 Å². The number of nitrogens with two attached hydrogens (primary N) is 1. The van der Waals surface area contributed by atoms with Crippen LogP contribution in [0.4, 0.5) is 17.1 Å². The maximum absolute atomic E-state index is 5.97. The molecule has 0 unspecified atom stereocenters. The van der Waals surface area contributed by atoms with Crippen molar-refractivity contribution in [2.24, 2.45) is 0 Å². The highest BCUT2D eigenvalue weighted by molar-refractivity contribution is 9.10. The summed E-state index contributed by atoms with van der Waals surface area (Å²) >= 11 is 3.40. The van der Waals surface area contributed by atoms with E-state index in [0.29, 0.717) is 5.92 Å². The minimum atomic E-state index is 0.522. The molecule has 2 rings (SSSR count). The average Bonchev–Trinajstić information content (AvgIpc) is 2.33. The first-order valence-corrected chi connectivity index (χ1v) is 6.77. The summed E-state index contributed by atoms with van der Waals surface area (Å²) in [6.07, 6.45) is 0. The van der Waals surface area contributed by atoms with Gasteiger partial charge in [-0.3, -0.25) is 0 Å². The molecule has 94 valence electrons. The van der Waals surface area contributed by atoms with Crippen molar-refractivity contribution in [1.29, 1.82) is 0 Å². The fourth-order valence-electron chi connectivity index (χ4n) is 1.78. The van der Waals surface area contributed by atoms with Crippen LogP contribution in [0.1, 0.15) is 25.3 Å². The van der Waals surface area contributed by atoms with E-state index in [1.165, 1.54) is 5.56 Å². The third-order valence-corrected chi connectivity index (χ3v) is 3.34. The highest BCUT2D eigenvalue weighted by Crippen LogP contribution is 2.27. The Morgan fingerprint density at radius 3 is 2.56 bits per heavy atom. The van der Waals surface area contributed by atoms with Crippen LogP contribution in [0.25, 0.3) is 0 Å². The van der Waals surface area contributed by atoms with Crippen LogP contribution in [-0.4, -0.2) is 0 Å². The van der Waals surface area contributed by atoms with Crippen LogP contribution in [0.5, 0.6) is 0 Å². The molecule has 0 heterocycles. The number of benzene rings is 2. The van der Waals surface area contributed by atoms with Crippen LogP contribution >= 0.6 is 15.9 Å². The molecule has 0 aliphatic carbocycles. The Morgan fingerprint density at radius 2 is 1.89 bits per heavy atom. The lowest BCUT2D eigenvalue weighted by molar-refractivity contribution is 0.867.